The van der Waals surface area contributed by atoms with Crippen LogP contribution in [0.5, 0.6) is 0 Å². The molecule has 0 aliphatic carbocycles. The van der Waals surface area contributed by atoms with Gasteiger partial charge in [0.05, 0.1) is 19.3 Å². The van der Waals surface area contributed by atoms with Crippen molar-refractivity contribution in [1.82, 2.24) is 5.32 Å². The summed E-state index contributed by atoms with van der Waals surface area (Å²) in [5.74, 6) is -0.0361. The molecule has 0 aliphatic rings. The van der Waals surface area contributed by atoms with Crippen LogP contribution < -0.4 is 5.32 Å². The van der Waals surface area contributed by atoms with Gasteiger partial charge in [-0.25, -0.2) is 0 Å². The number of ether oxygens (including phenoxy) is 3. The van der Waals surface area contributed by atoms with Crippen molar-refractivity contribution in [3.63, 3.8) is 0 Å². The zero-order valence-electron chi connectivity index (χ0n) is 17.4. The van der Waals surface area contributed by atoms with Crippen molar-refractivity contribution in [2.24, 2.45) is 0 Å². The van der Waals surface area contributed by atoms with Gasteiger partial charge in [-0.05, 0) is 39.5 Å². The Morgan fingerprint density at radius 1 is 0.840 bits per heavy atom. The minimum atomic E-state index is -0.0361. The van der Waals surface area contributed by atoms with E-state index in [0.717, 1.165) is 38.9 Å². The summed E-state index contributed by atoms with van der Waals surface area (Å²) >= 11 is 0. The van der Waals surface area contributed by atoms with Crippen LogP contribution >= 0.6 is 0 Å². The lowest BCUT2D eigenvalue weighted by Crippen LogP contribution is -2.29. The Labute approximate surface area is 156 Å². The number of carbonyl (C=O) groups is 1. The van der Waals surface area contributed by atoms with Gasteiger partial charge in [-0.3, -0.25) is 4.79 Å². The number of hydrogen-bond donors (Lipinski definition) is 1. The Morgan fingerprint density at radius 2 is 1.40 bits per heavy atom. The second-order valence-corrected chi connectivity index (χ2v) is 6.06. The van der Waals surface area contributed by atoms with Crippen LogP contribution in [-0.2, 0) is 19.0 Å². The average molecular weight is 362 g/mol. The fourth-order valence-corrected chi connectivity index (χ4v) is 1.98. The molecule has 152 valence electrons. The molecule has 0 saturated heterocycles. The SMILES string of the molecule is CC.CCCCCCOCCOCCCCCNC(=O)COC(C)C. The zero-order chi connectivity index (χ0) is 19.2. The smallest absolute Gasteiger partial charge is 0.246 e. The summed E-state index contributed by atoms with van der Waals surface area (Å²) in [6, 6.07) is 0. The van der Waals surface area contributed by atoms with E-state index in [1.807, 2.05) is 27.7 Å². The first-order valence-corrected chi connectivity index (χ1v) is 10.2. The van der Waals surface area contributed by atoms with Gasteiger partial charge < -0.3 is 19.5 Å². The van der Waals surface area contributed by atoms with Gasteiger partial charge in [0.15, 0.2) is 0 Å². The number of amides is 1. The molecule has 0 aromatic heterocycles. The molecular formula is C20H43NO4. The number of unbranched alkanes of at least 4 members (excludes halogenated alkanes) is 5. The van der Waals surface area contributed by atoms with E-state index < -0.39 is 0 Å². The van der Waals surface area contributed by atoms with Crippen molar-refractivity contribution in [1.29, 1.82) is 0 Å². The maximum Gasteiger partial charge on any atom is 0.246 e. The fraction of sp³-hybridized carbons (Fsp3) is 0.950. The predicted molar refractivity (Wildman–Crippen MR) is 105 cm³/mol. The third-order valence-corrected chi connectivity index (χ3v) is 3.35. The molecular weight excluding hydrogens is 318 g/mol. The standard InChI is InChI=1S/C18H37NO4.C2H6/c1-4-5-6-9-12-21-14-15-22-13-10-7-8-11-19-18(20)16-23-17(2)3;1-2/h17H,4-16H2,1-3H3,(H,19,20);1-2H3. The fourth-order valence-electron chi connectivity index (χ4n) is 1.98. The third kappa shape index (κ3) is 25.7. The summed E-state index contributed by atoms with van der Waals surface area (Å²) < 4.78 is 16.3. The Kier molecular flexibility index (Phi) is 24.8. The molecule has 0 aromatic rings. The van der Waals surface area contributed by atoms with Crippen LogP contribution in [0.25, 0.3) is 0 Å². The van der Waals surface area contributed by atoms with Gasteiger partial charge in [-0.2, -0.15) is 0 Å². The lowest BCUT2D eigenvalue weighted by atomic mass is 10.2. The topological polar surface area (TPSA) is 56.8 Å². The summed E-state index contributed by atoms with van der Waals surface area (Å²) in [6.07, 6.45) is 8.13. The van der Waals surface area contributed by atoms with Crippen LogP contribution in [-0.4, -0.2) is 51.6 Å². The van der Waals surface area contributed by atoms with E-state index in [0.29, 0.717) is 19.8 Å². The number of hydrogen-bond acceptors (Lipinski definition) is 4. The third-order valence-electron chi connectivity index (χ3n) is 3.35. The van der Waals surface area contributed by atoms with E-state index in [2.05, 4.69) is 12.2 Å². The first-order valence-electron chi connectivity index (χ1n) is 10.2. The Balaban J connectivity index is 0. The molecule has 0 heterocycles. The van der Waals surface area contributed by atoms with Gasteiger partial charge in [0.1, 0.15) is 6.61 Å². The van der Waals surface area contributed by atoms with Crippen LogP contribution in [0.4, 0.5) is 0 Å². The largest absolute Gasteiger partial charge is 0.379 e. The molecule has 5 heteroatoms. The first kappa shape index (κ1) is 26.6. The van der Waals surface area contributed by atoms with E-state index in [1.54, 1.807) is 0 Å². The van der Waals surface area contributed by atoms with E-state index in [-0.39, 0.29) is 18.6 Å². The first-order chi connectivity index (χ1) is 12.2. The molecule has 0 aliphatic heterocycles. The highest BCUT2D eigenvalue weighted by Crippen LogP contribution is 1.99. The molecule has 0 spiro atoms. The van der Waals surface area contributed by atoms with Crippen LogP contribution in [0.2, 0.25) is 0 Å². The van der Waals surface area contributed by atoms with Crippen LogP contribution in [0.1, 0.15) is 79.6 Å². The number of rotatable bonds is 17. The minimum Gasteiger partial charge on any atom is -0.379 e. The Morgan fingerprint density at radius 3 is 1.92 bits per heavy atom. The molecule has 0 aromatic carbocycles. The summed E-state index contributed by atoms with van der Waals surface area (Å²) in [6.45, 7) is 13.9. The van der Waals surface area contributed by atoms with Crippen molar-refractivity contribution in [2.45, 2.75) is 85.7 Å². The van der Waals surface area contributed by atoms with Crippen molar-refractivity contribution in [3.8, 4) is 0 Å². The van der Waals surface area contributed by atoms with Crippen molar-refractivity contribution < 1.29 is 19.0 Å². The molecule has 1 amide bonds. The monoisotopic (exact) mass is 361 g/mol. The normalized spacial score (nSPS) is 10.5. The van der Waals surface area contributed by atoms with Crippen LogP contribution in [0, 0.1) is 0 Å². The van der Waals surface area contributed by atoms with Gasteiger partial charge in [-0.15, -0.1) is 0 Å². The number of nitrogens with one attached hydrogen (secondary N) is 1. The van der Waals surface area contributed by atoms with Crippen LogP contribution in [0.15, 0.2) is 0 Å². The molecule has 0 atom stereocenters. The highest BCUT2D eigenvalue weighted by molar-refractivity contribution is 5.77. The van der Waals surface area contributed by atoms with E-state index in [9.17, 15) is 4.79 Å². The highest BCUT2D eigenvalue weighted by atomic mass is 16.5. The van der Waals surface area contributed by atoms with Gasteiger partial charge >= 0.3 is 0 Å². The Hall–Kier alpha value is -0.650. The van der Waals surface area contributed by atoms with E-state index >= 15 is 0 Å². The van der Waals surface area contributed by atoms with Gasteiger partial charge in [0.25, 0.3) is 0 Å². The lowest BCUT2D eigenvalue weighted by Gasteiger charge is -2.08. The van der Waals surface area contributed by atoms with Crippen molar-refractivity contribution in [2.75, 3.05) is 39.6 Å². The highest BCUT2D eigenvalue weighted by Gasteiger charge is 2.02. The van der Waals surface area contributed by atoms with E-state index in [4.69, 9.17) is 14.2 Å². The quantitative estimate of drug-likeness (QED) is 0.392. The minimum absolute atomic E-state index is 0.0361. The molecule has 0 radical (unpaired) electrons. The number of carbonyl (C=O) groups excluding carboxylic acids is 1. The summed E-state index contributed by atoms with van der Waals surface area (Å²) in [7, 11) is 0. The average Bonchev–Trinajstić information content (AvgIpc) is 2.62. The second kappa shape index (κ2) is 23.4. The molecule has 0 saturated carbocycles. The molecule has 0 bridgehead atoms. The molecule has 1 N–H and O–H groups in total. The van der Waals surface area contributed by atoms with Crippen molar-refractivity contribution >= 4 is 5.91 Å². The van der Waals surface area contributed by atoms with Gasteiger partial charge in [0.2, 0.25) is 5.91 Å². The van der Waals surface area contributed by atoms with Crippen LogP contribution in [0.3, 0.4) is 0 Å². The lowest BCUT2D eigenvalue weighted by molar-refractivity contribution is -0.127. The molecule has 25 heavy (non-hydrogen) atoms. The second-order valence-electron chi connectivity index (χ2n) is 6.06. The predicted octanol–water partition coefficient (Wildman–Crippen LogP) is 4.34. The van der Waals surface area contributed by atoms with Gasteiger partial charge in [0, 0.05) is 19.8 Å². The summed E-state index contributed by atoms with van der Waals surface area (Å²) in [5, 5.41) is 2.85. The zero-order valence-corrected chi connectivity index (χ0v) is 17.4. The maximum absolute atomic E-state index is 11.4. The molecule has 0 rings (SSSR count). The maximum atomic E-state index is 11.4. The summed E-state index contributed by atoms with van der Waals surface area (Å²) in [4.78, 5) is 11.4. The molecule has 0 unspecified atom stereocenters. The van der Waals surface area contributed by atoms with E-state index in [1.165, 1.54) is 19.3 Å². The van der Waals surface area contributed by atoms with Crippen molar-refractivity contribution in [3.05, 3.63) is 0 Å². The molecule has 0 fully saturated rings. The molecule has 5 nitrogen and oxygen atoms in total. The van der Waals surface area contributed by atoms with Gasteiger partial charge in [-0.1, -0.05) is 40.0 Å². The summed E-state index contributed by atoms with van der Waals surface area (Å²) in [5.41, 5.74) is 0. The Bertz CT molecular complexity index is 260.